The van der Waals surface area contributed by atoms with Crippen LogP contribution in [0, 0.1) is 6.92 Å². The van der Waals surface area contributed by atoms with Gasteiger partial charge in [0.2, 0.25) is 0 Å². The normalized spacial score (nSPS) is 10.1. The third kappa shape index (κ3) is 2.94. The number of aromatic nitrogens is 2. The van der Waals surface area contributed by atoms with E-state index in [1.807, 2.05) is 37.3 Å². The highest BCUT2D eigenvalue weighted by molar-refractivity contribution is 6.30. The van der Waals surface area contributed by atoms with Crippen LogP contribution in [0.3, 0.4) is 0 Å². The monoisotopic (exact) mass is 233 g/mol. The number of anilines is 1. The smallest absolute Gasteiger partial charge is 0.129 e. The summed E-state index contributed by atoms with van der Waals surface area (Å²) in [5.74, 6) is 1.60. The van der Waals surface area contributed by atoms with Gasteiger partial charge in [-0.3, -0.25) is 0 Å². The summed E-state index contributed by atoms with van der Waals surface area (Å²) < 4.78 is 0. The van der Waals surface area contributed by atoms with Gasteiger partial charge >= 0.3 is 0 Å². The van der Waals surface area contributed by atoms with Gasteiger partial charge in [0, 0.05) is 17.8 Å². The lowest BCUT2D eigenvalue weighted by Crippen LogP contribution is -2.02. The maximum atomic E-state index is 5.81. The first-order chi connectivity index (χ1) is 7.74. The minimum Gasteiger partial charge on any atom is -0.366 e. The molecule has 0 atom stereocenters. The largest absolute Gasteiger partial charge is 0.366 e. The number of aryl methyl sites for hydroxylation is 1. The zero-order chi connectivity index (χ0) is 11.4. The first-order valence-corrected chi connectivity index (χ1v) is 5.40. The summed E-state index contributed by atoms with van der Waals surface area (Å²) in [6, 6.07) is 9.59. The third-order valence-electron chi connectivity index (χ3n) is 2.16. The van der Waals surface area contributed by atoms with Crippen LogP contribution in [0.25, 0.3) is 0 Å². The highest BCUT2D eigenvalue weighted by Gasteiger charge is 1.96. The molecule has 0 aliphatic carbocycles. The topological polar surface area (TPSA) is 37.8 Å². The van der Waals surface area contributed by atoms with E-state index in [-0.39, 0.29) is 0 Å². The van der Waals surface area contributed by atoms with Crippen molar-refractivity contribution < 1.29 is 0 Å². The second-order valence-electron chi connectivity index (χ2n) is 3.47. The molecule has 0 aliphatic rings. The van der Waals surface area contributed by atoms with Gasteiger partial charge in [-0.2, -0.15) is 0 Å². The Morgan fingerprint density at radius 2 is 1.94 bits per heavy atom. The molecule has 2 rings (SSSR count). The molecule has 0 spiro atoms. The van der Waals surface area contributed by atoms with Crippen LogP contribution in [0.2, 0.25) is 5.02 Å². The highest BCUT2D eigenvalue weighted by Crippen LogP contribution is 2.11. The summed E-state index contributed by atoms with van der Waals surface area (Å²) in [6.45, 7) is 2.60. The van der Waals surface area contributed by atoms with Gasteiger partial charge in [0.1, 0.15) is 11.6 Å². The van der Waals surface area contributed by atoms with Crippen LogP contribution >= 0.6 is 11.6 Å². The summed E-state index contributed by atoms with van der Waals surface area (Å²) >= 11 is 5.81. The second-order valence-corrected chi connectivity index (χ2v) is 3.91. The Bertz CT molecular complexity index is 468. The van der Waals surface area contributed by atoms with E-state index in [1.165, 1.54) is 5.56 Å². The quantitative estimate of drug-likeness (QED) is 0.886. The van der Waals surface area contributed by atoms with E-state index >= 15 is 0 Å². The Kier molecular flexibility index (Phi) is 3.37. The lowest BCUT2D eigenvalue weighted by atomic mass is 10.2. The van der Waals surface area contributed by atoms with Gasteiger partial charge in [-0.05, 0) is 30.7 Å². The van der Waals surface area contributed by atoms with Gasteiger partial charge in [-0.25, -0.2) is 9.97 Å². The zero-order valence-electron chi connectivity index (χ0n) is 8.94. The Hall–Kier alpha value is -1.61. The van der Waals surface area contributed by atoms with Gasteiger partial charge in [-0.1, -0.05) is 23.7 Å². The minimum absolute atomic E-state index is 0.730. The summed E-state index contributed by atoms with van der Waals surface area (Å²) in [4.78, 5) is 8.30. The maximum Gasteiger partial charge on any atom is 0.129 e. The second kappa shape index (κ2) is 4.94. The van der Waals surface area contributed by atoms with Crippen molar-refractivity contribution in [1.29, 1.82) is 0 Å². The van der Waals surface area contributed by atoms with Gasteiger partial charge in [0.15, 0.2) is 0 Å². The number of nitrogens with one attached hydrogen (secondary N) is 1. The van der Waals surface area contributed by atoms with E-state index in [1.54, 1.807) is 6.20 Å². The average molecular weight is 234 g/mol. The van der Waals surface area contributed by atoms with Crippen LogP contribution in [0.4, 0.5) is 5.82 Å². The fourth-order valence-corrected chi connectivity index (χ4v) is 1.48. The number of benzene rings is 1. The third-order valence-corrected chi connectivity index (χ3v) is 2.41. The molecule has 4 heteroatoms. The van der Waals surface area contributed by atoms with Crippen LogP contribution in [-0.4, -0.2) is 9.97 Å². The lowest BCUT2D eigenvalue weighted by Gasteiger charge is -2.05. The summed E-state index contributed by atoms with van der Waals surface area (Å²) in [7, 11) is 0. The van der Waals surface area contributed by atoms with Crippen molar-refractivity contribution in [1.82, 2.24) is 9.97 Å². The first kappa shape index (κ1) is 10.9. The molecule has 2 aromatic rings. The van der Waals surface area contributed by atoms with Crippen molar-refractivity contribution in [3.8, 4) is 0 Å². The van der Waals surface area contributed by atoms with Crippen molar-refractivity contribution in [3.05, 3.63) is 52.9 Å². The van der Waals surface area contributed by atoms with E-state index in [0.29, 0.717) is 0 Å². The van der Waals surface area contributed by atoms with Crippen LogP contribution in [-0.2, 0) is 6.54 Å². The van der Waals surface area contributed by atoms with Crippen LogP contribution < -0.4 is 5.32 Å². The van der Waals surface area contributed by atoms with Crippen LogP contribution in [0.1, 0.15) is 11.4 Å². The van der Waals surface area contributed by atoms with E-state index < -0.39 is 0 Å². The summed E-state index contributed by atoms with van der Waals surface area (Å²) in [5, 5.41) is 3.98. The molecule has 1 heterocycles. The molecule has 0 aliphatic heterocycles. The SMILES string of the molecule is Cc1nccc(NCc2ccc(Cl)cc2)n1. The summed E-state index contributed by atoms with van der Waals surface area (Å²) in [5.41, 5.74) is 1.17. The average Bonchev–Trinajstić information content (AvgIpc) is 2.28. The molecule has 0 saturated heterocycles. The number of nitrogens with zero attached hydrogens (tertiary/aromatic N) is 2. The fraction of sp³-hybridized carbons (Fsp3) is 0.167. The van der Waals surface area contributed by atoms with Crippen LogP contribution in [0.5, 0.6) is 0 Å². The molecule has 0 fully saturated rings. The Labute approximate surface area is 99.5 Å². The molecule has 0 amide bonds. The molecule has 0 saturated carbocycles. The van der Waals surface area contributed by atoms with Gasteiger partial charge in [0.25, 0.3) is 0 Å². The minimum atomic E-state index is 0.730. The predicted molar refractivity (Wildman–Crippen MR) is 65.5 cm³/mol. The standard InChI is InChI=1S/C12H12ClN3/c1-9-14-7-6-12(16-9)15-8-10-2-4-11(13)5-3-10/h2-7H,8H2,1H3,(H,14,15,16). The predicted octanol–water partition coefficient (Wildman–Crippen LogP) is 3.05. The van der Waals surface area contributed by atoms with Gasteiger partial charge < -0.3 is 5.32 Å². The zero-order valence-corrected chi connectivity index (χ0v) is 9.70. The molecule has 82 valence electrons. The molecule has 1 aromatic carbocycles. The van der Waals surface area contributed by atoms with Crippen LogP contribution in [0.15, 0.2) is 36.5 Å². The van der Waals surface area contributed by atoms with Crippen molar-refractivity contribution in [3.63, 3.8) is 0 Å². The fourth-order valence-electron chi connectivity index (χ4n) is 1.35. The molecule has 1 N–H and O–H groups in total. The summed E-state index contributed by atoms with van der Waals surface area (Å²) in [6.07, 6.45) is 1.74. The van der Waals surface area contributed by atoms with E-state index in [0.717, 1.165) is 23.2 Å². The molecular weight excluding hydrogens is 222 g/mol. The van der Waals surface area contributed by atoms with Crippen molar-refractivity contribution >= 4 is 17.4 Å². The Morgan fingerprint density at radius 1 is 1.19 bits per heavy atom. The molecule has 0 bridgehead atoms. The number of halogens is 1. The molecule has 0 unspecified atom stereocenters. The molecular formula is C12H12ClN3. The number of rotatable bonds is 3. The highest BCUT2D eigenvalue weighted by atomic mass is 35.5. The number of hydrogen-bond donors (Lipinski definition) is 1. The van der Waals surface area contributed by atoms with Crippen molar-refractivity contribution in [2.24, 2.45) is 0 Å². The van der Waals surface area contributed by atoms with Gasteiger partial charge in [0.05, 0.1) is 0 Å². The number of hydrogen-bond acceptors (Lipinski definition) is 3. The molecule has 0 radical (unpaired) electrons. The van der Waals surface area contributed by atoms with Crippen molar-refractivity contribution in [2.75, 3.05) is 5.32 Å². The Balaban J connectivity index is 1.99. The molecule has 3 nitrogen and oxygen atoms in total. The van der Waals surface area contributed by atoms with E-state index in [4.69, 9.17) is 11.6 Å². The molecule has 16 heavy (non-hydrogen) atoms. The molecule has 1 aromatic heterocycles. The van der Waals surface area contributed by atoms with E-state index in [2.05, 4.69) is 15.3 Å². The lowest BCUT2D eigenvalue weighted by molar-refractivity contribution is 1.02. The maximum absolute atomic E-state index is 5.81. The van der Waals surface area contributed by atoms with Crippen molar-refractivity contribution in [2.45, 2.75) is 13.5 Å². The Morgan fingerprint density at radius 3 is 2.62 bits per heavy atom. The van der Waals surface area contributed by atoms with Gasteiger partial charge in [-0.15, -0.1) is 0 Å². The van der Waals surface area contributed by atoms with E-state index in [9.17, 15) is 0 Å². The first-order valence-electron chi connectivity index (χ1n) is 5.02.